The van der Waals surface area contributed by atoms with Gasteiger partial charge in [0, 0.05) is 14.7 Å². The number of rotatable bonds is 6. The van der Waals surface area contributed by atoms with Crippen molar-refractivity contribution in [3.05, 3.63) is 101 Å². The summed E-state index contributed by atoms with van der Waals surface area (Å²) in [5.74, 6) is 1.10. The number of hydrogen-bond donors (Lipinski definition) is 0. The summed E-state index contributed by atoms with van der Waals surface area (Å²) in [5.41, 5.74) is 2.86. The number of nitrogens with zero attached hydrogens (tertiary/aromatic N) is 5. The fourth-order valence-electron chi connectivity index (χ4n) is 5.06. The fourth-order valence-corrected chi connectivity index (χ4v) is 7.32. The van der Waals surface area contributed by atoms with Gasteiger partial charge in [-0.1, -0.05) is 47.8 Å². The van der Waals surface area contributed by atoms with E-state index in [2.05, 4.69) is 28.4 Å². The first-order valence-corrected chi connectivity index (χ1v) is 16.0. The number of para-hydroxylation sites is 2. The topological polar surface area (TPSA) is 81.7 Å². The van der Waals surface area contributed by atoms with E-state index in [-0.39, 0.29) is 17.2 Å². The SMILES string of the molecule is COc1ccc(-n2c(=O)c3ccccc3n3c(SCC(=O)N4c5ccccc5Sc5ccc(SC)cc54)nnc23)cc1. The van der Waals surface area contributed by atoms with Crippen molar-refractivity contribution >= 4 is 69.2 Å². The summed E-state index contributed by atoms with van der Waals surface area (Å²) >= 11 is 4.61. The smallest absolute Gasteiger partial charge is 0.267 e. The predicted molar refractivity (Wildman–Crippen MR) is 169 cm³/mol. The van der Waals surface area contributed by atoms with Crippen LogP contribution in [-0.2, 0) is 4.79 Å². The lowest BCUT2D eigenvalue weighted by atomic mass is 10.2. The second-order valence-corrected chi connectivity index (χ2v) is 12.3. The molecule has 1 aliphatic rings. The maximum atomic E-state index is 14.0. The summed E-state index contributed by atoms with van der Waals surface area (Å²) in [6.07, 6.45) is 2.03. The first kappa shape index (κ1) is 26.7. The molecule has 0 spiro atoms. The minimum Gasteiger partial charge on any atom is -0.497 e. The Balaban J connectivity index is 1.30. The molecule has 11 heteroatoms. The minimum absolute atomic E-state index is 0.0724. The highest BCUT2D eigenvalue weighted by Gasteiger charge is 2.29. The molecule has 0 saturated carbocycles. The maximum absolute atomic E-state index is 14.0. The number of aromatic nitrogens is 4. The molecule has 6 aromatic rings. The number of thioether (sulfide) groups is 2. The van der Waals surface area contributed by atoms with Gasteiger partial charge in [-0.25, -0.2) is 4.57 Å². The van der Waals surface area contributed by atoms with Crippen molar-refractivity contribution < 1.29 is 9.53 Å². The molecule has 4 aromatic carbocycles. The fraction of sp³-hybridized carbons (Fsp3) is 0.0968. The highest BCUT2D eigenvalue weighted by Crippen LogP contribution is 2.49. The number of carbonyl (C=O) groups excluding carboxylic acids is 1. The molecule has 7 rings (SSSR count). The number of carbonyl (C=O) groups is 1. The van der Waals surface area contributed by atoms with Crippen molar-refractivity contribution in [3.63, 3.8) is 0 Å². The maximum Gasteiger partial charge on any atom is 0.267 e. The standard InChI is InChI=1S/C31H23N5O3S3/c1-39-20-13-11-19(12-14-20)34-29(38)22-7-3-4-8-23(22)36-30(34)32-33-31(36)41-18-28(37)35-24-9-5-6-10-26(24)42-27-16-15-21(40-2)17-25(27)35/h3-17H,18H2,1-2H3. The van der Waals surface area contributed by atoms with Crippen LogP contribution in [0, 0.1) is 0 Å². The van der Waals surface area contributed by atoms with Crippen LogP contribution in [0.15, 0.2) is 116 Å². The first-order chi connectivity index (χ1) is 20.6. The molecule has 1 aliphatic heterocycles. The van der Waals surface area contributed by atoms with Gasteiger partial charge in [0.2, 0.25) is 11.7 Å². The van der Waals surface area contributed by atoms with E-state index in [4.69, 9.17) is 4.74 Å². The van der Waals surface area contributed by atoms with E-state index in [0.29, 0.717) is 33.3 Å². The average molecular weight is 610 g/mol. The molecule has 0 bridgehead atoms. The molecular formula is C31H23N5O3S3. The molecule has 1 amide bonds. The van der Waals surface area contributed by atoms with E-state index in [1.54, 1.807) is 53.4 Å². The van der Waals surface area contributed by atoms with Crippen LogP contribution in [0.4, 0.5) is 11.4 Å². The predicted octanol–water partition coefficient (Wildman–Crippen LogP) is 6.69. The molecule has 0 aliphatic carbocycles. The van der Waals surface area contributed by atoms with Crippen molar-refractivity contribution in [2.75, 3.05) is 24.0 Å². The molecule has 0 radical (unpaired) electrons. The van der Waals surface area contributed by atoms with Gasteiger partial charge in [0.15, 0.2) is 5.16 Å². The van der Waals surface area contributed by atoms with Gasteiger partial charge < -0.3 is 4.74 Å². The van der Waals surface area contributed by atoms with Crippen LogP contribution in [0.3, 0.4) is 0 Å². The lowest BCUT2D eigenvalue weighted by Gasteiger charge is -2.31. The third kappa shape index (κ3) is 4.44. The Morgan fingerprint density at radius 2 is 1.67 bits per heavy atom. The Morgan fingerprint density at radius 3 is 2.48 bits per heavy atom. The van der Waals surface area contributed by atoms with E-state index in [0.717, 1.165) is 26.1 Å². The zero-order valence-corrected chi connectivity index (χ0v) is 25.0. The van der Waals surface area contributed by atoms with Crippen LogP contribution in [0.5, 0.6) is 5.75 Å². The Hall–Kier alpha value is -4.19. The molecule has 0 atom stereocenters. The molecule has 0 fully saturated rings. The molecular weight excluding hydrogens is 587 g/mol. The molecule has 0 unspecified atom stereocenters. The third-order valence-electron chi connectivity index (χ3n) is 7.03. The Kier molecular flexibility index (Phi) is 6.93. The van der Waals surface area contributed by atoms with E-state index in [1.807, 2.05) is 70.2 Å². The zero-order chi connectivity index (χ0) is 28.8. The van der Waals surface area contributed by atoms with Gasteiger partial charge >= 0.3 is 0 Å². The summed E-state index contributed by atoms with van der Waals surface area (Å²) < 4.78 is 8.68. The van der Waals surface area contributed by atoms with Gasteiger partial charge in [-0.05, 0) is 73.0 Å². The van der Waals surface area contributed by atoms with Crippen LogP contribution in [-0.4, -0.2) is 44.2 Å². The lowest BCUT2D eigenvalue weighted by Crippen LogP contribution is -2.30. The highest BCUT2D eigenvalue weighted by atomic mass is 32.2. The van der Waals surface area contributed by atoms with Crippen LogP contribution in [0.2, 0.25) is 0 Å². The third-order valence-corrected chi connectivity index (χ3v) is 9.80. The molecule has 2 aromatic heterocycles. The van der Waals surface area contributed by atoms with Crippen molar-refractivity contribution in [2.24, 2.45) is 0 Å². The number of methoxy groups -OCH3 is 1. The minimum atomic E-state index is -0.202. The van der Waals surface area contributed by atoms with Crippen LogP contribution in [0.25, 0.3) is 22.4 Å². The second kappa shape index (κ2) is 10.9. The van der Waals surface area contributed by atoms with Gasteiger partial charge in [-0.3, -0.25) is 18.9 Å². The summed E-state index contributed by atoms with van der Waals surface area (Å²) in [4.78, 5) is 32.6. The Bertz CT molecular complexity index is 2060. The first-order valence-electron chi connectivity index (χ1n) is 13.0. The molecule has 0 saturated heterocycles. The highest BCUT2D eigenvalue weighted by molar-refractivity contribution is 8.00. The molecule has 42 heavy (non-hydrogen) atoms. The number of benzene rings is 4. The average Bonchev–Trinajstić information content (AvgIpc) is 3.46. The van der Waals surface area contributed by atoms with Crippen molar-refractivity contribution in [3.8, 4) is 11.4 Å². The van der Waals surface area contributed by atoms with Gasteiger partial charge in [0.1, 0.15) is 5.75 Å². The molecule has 3 heterocycles. The monoisotopic (exact) mass is 609 g/mol. The number of anilines is 2. The number of fused-ring (bicyclic) bond motifs is 5. The van der Waals surface area contributed by atoms with E-state index in [9.17, 15) is 9.59 Å². The van der Waals surface area contributed by atoms with Gasteiger partial charge in [-0.2, -0.15) is 0 Å². The van der Waals surface area contributed by atoms with Gasteiger partial charge in [0.25, 0.3) is 5.56 Å². The van der Waals surface area contributed by atoms with Crippen molar-refractivity contribution in [1.82, 2.24) is 19.2 Å². The Labute approximate surface area is 253 Å². The summed E-state index contributed by atoms with van der Waals surface area (Å²) in [7, 11) is 1.60. The van der Waals surface area contributed by atoms with Crippen LogP contribution in [0.1, 0.15) is 0 Å². The quantitative estimate of drug-likeness (QED) is 0.193. The lowest BCUT2D eigenvalue weighted by molar-refractivity contribution is -0.115. The van der Waals surface area contributed by atoms with E-state index >= 15 is 0 Å². The molecule has 208 valence electrons. The van der Waals surface area contributed by atoms with Gasteiger partial charge in [0.05, 0.1) is 40.8 Å². The Morgan fingerprint density at radius 1 is 0.905 bits per heavy atom. The van der Waals surface area contributed by atoms with Crippen molar-refractivity contribution in [1.29, 1.82) is 0 Å². The largest absolute Gasteiger partial charge is 0.497 e. The van der Waals surface area contributed by atoms with Crippen LogP contribution < -0.4 is 15.2 Å². The van der Waals surface area contributed by atoms with Crippen LogP contribution >= 0.6 is 35.3 Å². The van der Waals surface area contributed by atoms with E-state index in [1.165, 1.54) is 11.8 Å². The summed E-state index contributed by atoms with van der Waals surface area (Å²) in [5, 5.41) is 9.92. The normalized spacial score (nSPS) is 12.4. The summed E-state index contributed by atoms with van der Waals surface area (Å²) in [6, 6.07) is 28.8. The van der Waals surface area contributed by atoms with Gasteiger partial charge in [-0.15, -0.1) is 22.0 Å². The van der Waals surface area contributed by atoms with Crippen molar-refractivity contribution in [2.45, 2.75) is 19.8 Å². The number of amides is 1. The summed E-state index contributed by atoms with van der Waals surface area (Å²) in [6.45, 7) is 0. The molecule has 8 nitrogen and oxygen atoms in total. The van der Waals surface area contributed by atoms with E-state index < -0.39 is 0 Å². The zero-order valence-electron chi connectivity index (χ0n) is 22.6. The number of hydrogen-bond acceptors (Lipinski definition) is 8. The second-order valence-electron chi connectivity index (χ2n) is 9.39. The number of ether oxygens (including phenoxy) is 1. The molecule has 0 N–H and O–H groups in total.